The molecule has 0 radical (unpaired) electrons. The number of amides is 1. The predicted molar refractivity (Wildman–Crippen MR) is 90.3 cm³/mol. The number of nitrogens with zero attached hydrogens (tertiary/aromatic N) is 4. The molecule has 1 aliphatic rings. The van der Waals surface area contributed by atoms with Gasteiger partial charge in [-0.2, -0.15) is 0 Å². The van der Waals surface area contributed by atoms with Gasteiger partial charge < -0.3 is 9.80 Å². The van der Waals surface area contributed by atoms with E-state index in [0.29, 0.717) is 5.69 Å². The summed E-state index contributed by atoms with van der Waals surface area (Å²) in [4.78, 5) is 25.0. The zero-order chi connectivity index (χ0) is 16.1. The molecule has 120 valence electrons. The molecule has 3 rings (SSSR count). The maximum Gasteiger partial charge on any atom is 0.272 e. The molecule has 1 aromatic carbocycles. The van der Waals surface area contributed by atoms with Gasteiger partial charge in [0.05, 0.1) is 0 Å². The van der Waals surface area contributed by atoms with E-state index in [4.69, 9.17) is 0 Å². The average molecular weight is 310 g/mol. The smallest absolute Gasteiger partial charge is 0.272 e. The van der Waals surface area contributed by atoms with Crippen LogP contribution >= 0.6 is 0 Å². The van der Waals surface area contributed by atoms with Crippen molar-refractivity contribution in [2.75, 3.05) is 24.5 Å². The molecule has 0 N–H and O–H groups in total. The minimum absolute atomic E-state index is 0.0157. The highest BCUT2D eigenvalue weighted by Crippen LogP contribution is 2.17. The van der Waals surface area contributed by atoms with Gasteiger partial charge in [-0.1, -0.05) is 30.3 Å². The van der Waals surface area contributed by atoms with Gasteiger partial charge in [-0.3, -0.25) is 4.79 Å². The van der Waals surface area contributed by atoms with Crippen molar-refractivity contribution in [3.63, 3.8) is 0 Å². The van der Waals surface area contributed by atoms with Crippen molar-refractivity contribution in [3.8, 4) is 0 Å². The lowest BCUT2D eigenvalue weighted by molar-refractivity contribution is 0.0787. The van der Waals surface area contributed by atoms with Crippen molar-refractivity contribution < 1.29 is 4.79 Å². The fourth-order valence-corrected chi connectivity index (χ4v) is 2.88. The zero-order valence-corrected chi connectivity index (χ0v) is 13.5. The predicted octanol–water partition coefficient (Wildman–Crippen LogP) is 2.74. The van der Waals surface area contributed by atoms with E-state index >= 15 is 0 Å². The van der Waals surface area contributed by atoms with Crippen molar-refractivity contribution in [2.24, 2.45) is 0 Å². The zero-order valence-electron chi connectivity index (χ0n) is 13.5. The number of likely N-dealkylation sites (tertiary alicyclic amines) is 1. The van der Waals surface area contributed by atoms with Crippen molar-refractivity contribution in [2.45, 2.75) is 26.3 Å². The minimum atomic E-state index is 0.0157. The molecule has 0 spiro atoms. The molecule has 1 fully saturated rings. The highest BCUT2D eigenvalue weighted by atomic mass is 16.2. The van der Waals surface area contributed by atoms with Gasteiger partial charge in [0, 0.05) is 32.2 Å². The molecule has 0 bridgehead atoms. The van der Waals surface area contributed by atoms with Gasteiger partial charge in [0.15, 0.2) is 0 Å². The fourth-order valence-electron chi connectivity index (χ4n) is 2.88. The second-order valence-corrected chi connectivity index (χ2v) is 5.76. The lowest BCUT2D eigenvalue weighted by atomic mass is 10.2. The first-order chi connectivity index (χ1) is 11.3. The van der Waals surface area contributed by atoms with Crippen LogP contribution in [0, 0.1) is 0 Å². The van der Waals surface area contributed by atoms with Gasteiger partial charge in [0.2, 0.25) is 0 Å². The third-order valence-electron chi connectivity index (χ3n) is 4.19. The summed E-state index contributed by atoms with van der Waals surface area (Å²) in [5.74, 6) is 0.816. The van der Waals surface area contributed by atoms with Crippen LogP contribution in [0.2, 0.25) is 0 Å². The third-order valence-corrected chi connectivity index (χ3v) is 4.19. The van der Waals surface area contributed by atoms with Crippen LogP contribution in [0.3, 0.4) is 0 Å². The summed E-state index contributed by atoms with van der Waals surface area (Å²) in [6.45, 7) is 5.35. The van der Waals surface area contributed by atoms with E-state index in [0.717, 1.165) is 44.8 Å². The Morgan fingerprint density at radius 2 is 1.91 bits per heavy atom. The van der Waals surface area contributed by atoms with E-state index in [1.807, 2.05) is 29.2 Å². The molecule has 0 aliphatic carbocycles. The molecule has 1 saturated heterocycles. The Hall–Kier alpha value is -2.43. The number of anilines is 1. The molecule has 2 heterocycles. The van der Waals surface area contributed by atoms with Crippen LogP contribution in [0.4, 0.5) is 5.82 Å². The van der Waals surface area contributed by atoms with Crippen LogP contribution in [0.25, 0.3) is 0 Å². The number of aromatic nitrogens is 2. The molecule has 2 aromatic rings. The van der Waals surface area contributed by atoms with E-state index in [1.54, 1.807) is 0 Å². The van der Waals surface area contributed by atoms with Gasteiger partial charge in [-0.25, -0.2) is 9.97 Å². The third kappa shape index (κ3) is 3.67. The van der Waals surface area contributed by atoms with Gasteiger partial charge in [0.1, 0.15) is 17.8 Å². The Morgan fingerprint density at radius 1 is 1.17 bits per heavy atom. The number of benzene rings is 1. The van der Waals surface area contributed by atoms with Gasteiger partial charge in [-0.15, -0.1) is 0 Å². The fraction of sp³-hybridized carbons (Fsp3) is 0.389. The minimum Gasteiger partial charge on any atom is -0.352 e. The number of carbonyl (C=O) groups is 1. The van der Waals surface area contributed by atoms with Crippen LogP contribution < -0.4 is 4.90 Å². The molecule has 0 atom stereocenters. The summed E-state index contributed by atoms with van der Waals surface area (Å²) in [7, 11) is 0. The first-order valence-electron chi connectivity index (χ1n) is 8.18. The molecule has 23 heavy (non-hydrogen) atoms. The molecule has 5 nitrogen and oxygen atoms in total. The average Bonchev–Trinajstić information content (AvgIpc) is 3.14. The maximum absolute atomic E-state index is 12.5. The van der Waals surface area contributed by atoms with Gasteiger partial charge >= 0.3 is 0 Å². The van der Waals surface area contributed by atoms with Gasteiger partial charge in [0.25, 0.3) is 5.91 Å². The van der Waals surface area contributed by atoms with Crippen LogP contribution in [0.1, 0.15) is 35.8 Å². The molecule has 5 heteroatoms. The van der Waals surface area contributed by atoms with E-state index in [2.05, 4.69) is 33.9 Å². The Balaban J connectivity index is 1.78. The topological polar surface area (TPSA) is 49.3 Å². The summed E-state index contributed by atoms with van der Waals surface area (Å²) in [5, 5.41) is 0. The van der Waals surface area contributed by atoms with Crippen LogP contribution in [0.5, 0.6) is 0 Å². The van der Waals surface area contributed by atoms with Crippen molar-refractivity contribution in [1.82, 2.24) is 14.9 Å². The Bertz CT molecular complexity index is 653. The Labute approximate surface area is 137 Å². The normalized spacial score (nSPS) is 14.0. The molecule has 0 saturated carbocycles. The van der Waals surface area contributed by atoms with Crippen molar-refractivity contribution in [1.29, 1.82) is 0 Å². The highest BCUT2D eigenvalue weighted by Gasteiger charge is 2.21. The molecule has 1 aromatic heterocycles. The quantitative estimate of drug-likeness (QED) is 0.852. The monoisotopic (exact) mass is 310 g/mol. The Kier molecular flexibility index (Phi) is 4.86. The Morgan fingerprint density at radius 3 is 2.61 bits per heavy atom. The lowest BCUT2D eigenvalue weighted by Crippen LogP contribution is -2.29. The summed E-state index contributed by atoms with van der Waals surface area (Å²) >= 11 is 0. The number of hydrogen-bond donors (Lipinski definition) is 0. The van der Waals surface area contributed by atoms with E-state index < -0.39 is 0 Å². The van der Waals surface area contributed by atoms with Crippen molar-refractivity contribution >= 4 is 11.7 Å². The molecular formula is C18H22N4O. The van der Waals surface area contributed by atoms with E-state index in [-0.39, 0.29) is 5.91 Å². The van der Waals surface area contributed by atoms with Crippen LogP contribution in [-0.2, 0) is 6.54 Å². The van der Waals surface area contributed by atoms with Crippen molar-refractivity contribution in [3.05, 3.63) is 54.0 Å². The number of rotatable bonds is 5. The first-order valence-corrected chi connectivity index (χ1v) is 8.18. The summed E-state index contributed by atoms with van der Waals surface area (Å²) in [6.07, 6.45) is 3.66. The summed E-state index contributed by atoms with van der Waals surface area (Å²) in [6, 6.07) is 12.1. The van der Waals surface area contributed by atoms with E-state index in [9.17, 15) is 4.79 Å². The standard InChI is InChI=1S/C18H22N4O/c1-2-21(13-15-8-4-3-5-9-15)17-12-16(19-14-20-17)18(23)22-10-6-7-11-22/h3-5,8-9,12,14H,2,6-7,10-11,13H2,1H3. The largest absolute Gasteiger partial charge is 0.352 e. The second-order valence-electron chi connectivity index (χ2n) is 5.76. The maximum atomic E-state index is 12.5. The molecule has 1 amide bonds. The molecular weight excluding hydrogens is 288 g/mol. The lowest BCUT2D eigenvalue weighted by Gasteiger charge is -2.22. The van der Waals surface area contributed by atoms with Crippen LogP contribution in [-0.4, -0.2) is 40.4 Å². The molecule has 1 aliphatic heterocycles. The second kappa shape index (κ2) is 7.22. The number of hydrogen-bond acceptors (Lipinski definition) is 4. The SMILES string of the molecule is CCN(Cc1ccccc1)c1cc(C(=O)N2CCCC2)ncn1. The molecule has 0 unspecified atom stereocenters. The highest BCUT2D eigenvalue weighted by molar-refractivity contribution is 5.93. The summed E-state index contributed by atoms with van der Waals surface area (Å²) in [5.41, 5.74) is 1.71. The van der Waals surface area contributed by atoms with E-state index in [1.165, 1.54) is 11.9 Å². The first kappa shape index (κ1) is 15.5. The number of carbonyl (C=O) groups excluding carboxylic acids is 1. The summed E-state index contributed by atoms with van der Waals surface area (Å²) < 4.78 is 0. The van der Waals surface area contributed by atoms with Gasteiger partial charge in [-0.05, 0) is 25.3 Å². The van der Waals surface area contributed by atoms with Crippen LogP contribution in [0.15, 0.2) is 42.7 Å².